The van der Waals surface area contributed by atoms with Crippen molar-refractivity contribution in [2.45, 2.75) is 6.54 Å². The van der Waals surface area contributed by atoms with Gasteiger partial charge in [-0.15, -0.1) is 0 Å². The predicted octanol–water partition coefficient (Wildman–Crippen LogP) is 2.22. The van der Waals surface area contributed by atoms with E-state index in [1.807, 2.05) is 30.5 Å². The number of nitrogens with zero attached hydrogens (tertiary/aromatic N) is 3. The lowest BCUT2D eigenvalue weighted by molar-refractivity contribution is 0.830. The number of pyridine rings is 1. The van der Waals surface area contributed by atoms with Gasteiger partial charge in [0, 0.05) is 36.1 Å². The van der Waals surface area contributed by atoms with Crippen LogP contribution in [0.2, 0.25) is 0 Å². The predicted molar refractivity (Wildman–Crippen MR) is 94.8 cm³/mol. The van der Waals surface area contributed by atoms with E-state index in [-0.39, 0.29) is 11.4 Å². The van der Waals surface area contributed by atoms with Crippen molar-refractivity contribution in [1.82, 2.24) is 19.7 Å². The zero-order valence-electron chi connectivity index (χ0n) is 13.2. The number of hydrogen-bond donors (Lipinski definition) is 3. The molecule has 7 nitrogen and oxygen atoms in total. The fourth-order valence-electron chi connectivity index (χ4n) is 2.89. The highest BCUT2D eigenvalue weighted by Crippen LogP contribution is 2.28. The highest BCUT2D eigenvalue weighted by atomic mass is 16.1. The lowest BCUT2D eigenvalue weighted by Gasteiger charge is -2.07. The van der Waals surface area contributed by atoms with Gasteiger partial charge in [0.15, 0.2) is 5.82 Å². The van der Waals surface area contributed by atoms with E-state index in [4.69, 9.17) is 5.73 Å². The monoisotopic (exact) mass is 330 g/mol. The van der Waals surface area contributed by atoms with E-state index >= 15 is 0 Å². The molecule has 25 heavy (non-hydrogen) atoms. The number of nitriles is 1. The number of anilines is 1. The summed E-state index contributed by atoms with van der Waals surface area (Å²) in [5.74, 6) is 0.196. The van der Waals surface area contributed by atoms with Gasteiger partial charge in [-0.25, -0.2) is 0 Å². The Morgan fingerprint density at radius 3 is 2.88 bits per heavy atom. The maximum atomic E-state index is 11.2. The number of aromatic amines is 2. The molecule has 0 radical (unpaired) electrons. The summed E-state index contributed by atoms with van der Waals surface area (Å²) in [5.41, 5.74) is 9.41. The van der Waals surface area contributed by atoms with Crippen LogP contribution in [0.4, 0.5) is 5.82 Å². The average molecular weight is 330 g/mol. The van der Waals surface area contributed by atoms with Gasteiger partial charge in [0.05, 0.1) is 5.69 Å². The number of nitrogens with one attached hydrogen (secondary N) is 2. The molecule has 0 saturated heterocycles. The van der Waals surface area contributed by atoms with Crippen LogP contribution in [0.1, 0.15) is 11.1 Å². The standard InChI is InChI=1S/C18H14N6O/c19-8-14-17(22-23-18(14)20)13-3-2-12-5-6-24(15(12)7-13)10-11-1-4-16(25)21-9-11/h1-7,9H,10H2,(H,21,25)(H3,20,22,23). The first kappa shape index (κ1) is 14.8. The highest BCUT2D eigenvalue weighted by Gasteiger charge is 2.13. The third-order valence-corrected chi connectivity index (χ3v) is 4.17. The van der Waals surface area contributed by atoms with Crippen LogP contribution < -0.4 is 11.3 Å². The lowest BCUT2D eigenvalue weighted by Crippen LogP contribution is -2.05. The Hall–Kier alpha value is -3.79. The van der Waals surface area contributed by atoms with Crippen LogP contribution in [-0.2, 0) is 6.54 Å². The number of nitrogens with two attached hydrogens (primary N) is 1. The molecule has 0 unspecified atom stereocenters. The highest BCUT2D eigenvalue weighted by molar-refractivity contribution is 5.86. The zero-order valence-corrected chi connectivity index (χ0v) is 13.2. The van der Waals surface area contributed by atoms with Crippen LogP contribution in [-0.4, -0.2) is 19.7 Å². The van der Waals surface area contributed by atoms with Crippen LogP contribution in [0, 0.1) is 11.3 Å². The number of rotatable bonds is 3. The Bertz CT molecular complexity index is 1150. The summed E-state index contributed by atoms with van der Waals surface area (Å²) in [6.45, 7) is 0.625. The van der Waals surface area contributed by atoms with Crippen LogP contribution in [0.5, 0.6) is 0 Å². The topological polar surface area (TPSA) is 116 Å². The second-order valence-electron chi connectivity index (χ2n) is 5.75. The van der Waals surface area contributed by atoms with E-state index < -0.39 is 0 Å². The first-order valence-corrected chi connectivity index (χ1v) is 7.66. The van der Waals surface area contributed by atoms with E-state index in [1.165, 1.54) is 6.07 Å². The molecular formula is C18H14N6O. The van der Waals surface area contributed by atoms with Gasteiger partial charge < -0.3 is 15.3 Å². The molecular weight excluding hydrogens is 316 g/mol. The molecule has 0 bridgehead atoms. The van der Waals surface area contributed by atoms with E-state index in [0.717, 1.165) is 22.0 Å². The molecule has 4 N–H and O–H groups in total. The van der Waals surface area contributed by atoms with Gasteiger partial charge in [0.2, 0.25) is 5.56 Å². The number of fused-ring (bicyclic) bond motifs is 1. The lowest BCUT2D eigenvalue weighted by atomic mass is 10.1. The molecule has 0 amide bonds. The molecule has 0 aliphatic heterocycles. The van der Waals surface area contributed by atoms with Gasteiger partial charge in [-0.05, 0) is 23.1 Å². The average Bonchev–Trinajstić information content (AvgIpc) is 3.20. The maximum absolute atomic E-state index is 11.2. The van der Waals surface area contributed by atoms with Crippen LogP contribution in [0.25, 0.3) is 22.2 Å². The normalized spacial score (nSPS) is 10.8. The molecule has 4 aromatic rings. The summed E-state index contributed by atoms with van der Waals surface area (Å²) >= 11 is 0. The Labute approximate surface area is 142 Å². The van der Waals surface area contributed by atoms with Crippen molar-refractivity contribution in [2.75, 3.05) is 5.73 Å². The third kappa shape index (κ3) is 2.56. The summed E-state index contributed by atoms with van der Waals surface area (Å²) in [5, 5.41) is 17.1. The van der Waals surface area contributed by atoms with E-state index in [0.29, 0.717) is 17.8 Å². The summed E-state index contributed by atoms with van der Waals surface area (Å²) < 4.78 is 2.08. The third-order valence-electron chi connectivity index (χ3n) is 4.17. The minimum absolute atomic E-state index is 0.121. The van der Waals surface area contributed by atoms with Crippen molar-refractivity contribution in [1.29, 1.82) is 5.26 Å². The van der Waals surface area contributed by atoms with E-state index in [2.05, 4.69) is 25.8 Å². The summed E-state index contributed by atoms with van der Waals surface area (Å²) in [7, 11) is 0. The van der Waals surface area contributed by atoms with Crippen molar-refractivity contribution in [3.63, 3.8) is 0 Å². The van der Waals surface area contributed by atoms with Crippen LogP contribution in [0.15, 0.2) is 53.6 Å². The van der Waals surface area contributed by atoms with Crippen molar-refractivity contribution in [2.24, 2.45) is 0 Å². The molecule has 122 valence electrons. The molecule has 4 rings (SSSR count). The molecule has 0 spiro atoms. The number of nitrogen functional groups attached to an aromatic ring is 1. The van der Waals surface area contributed by atoms with E-state index in [1.54, 1.807) is 12.3 Å². The summed E-state index contributed by atoms with van der Waals surface area (Å²) in [6.07, 6.45) is 3.70. The van der Waals surface area contributed by atoms with Gasteiger partial charge in [-0.3, -0.25) is 9.89 Å². The molecule has 0 atom stereocenters. The van der Waals surface area contributed by atoms with Gasteiger partial charge in [0.1, 0.15) is 11.6 Å². The van der Waals surface area contributed by atoms with Crippen LogP contribution >= 0.6 is 0 Å². The van der Waals surface area contributed by atoms with Crippen molar-refractivity contribution >= 4 is 16.7 Å². The molecule has 3 heterocycles. The van der Waals surface area contributed by atoms with Gasteiger partial charge in [-0.2, -0.15) is 10.4 Å². The Kier molecular flexibility index (Phi) is 3.36. The first-order chi connectivity index (χ1) is 12.2. The smallest absolute Gasteiger partial charge is 0.247 e. The molecule has 0 aliphatic rings. The maximum Gasteiger partial charge on any atom is 0.247 e. The Morgan fingerprint density at radius 1 is 1.24 bits per heavy atom. The molecule has 0 saturated carbocycles. The minimum Gasteiger partial charge on any atom is -0.381 e. The zero-order chi connectivity index (χ0) is 17.4. The number of hydrogen-bond acceptors (Lipinski definition) is 4. The quantitative estimate of drug-likeness (QED) is 0.534. The SMILES string of the molecule is N#Cc1c(N)n[nH]c1-c1ccc2ccn(Cc3ccc(=O)[nH]c3)c2c1. The summed E-state index contributed by atoms with van der Waals surface area (Å²) in [6, 6.07) is 13.3. The molecule has 0 fully saturated rings. The Morgan fingerprint density at radius 2 is 2.12 bits per heavy atom. The van der Waals surface area contributed by atoms with Gasteiger partial charge >= 0.3 is 0 Å². The molecule has 0 aliphatic carbocycles. The Balaban J connectivity index is 1.78. The fourth-order valence-corrected chi connectivity index (χ4v) is 2.89. The van der Waals surface area contributed by atoms with E-state index in [9.17, 15) is 10.1 Å². The fraction of sp³-hybridized carbons (Fsp3) is 0.0556. The number of benzene rings is 1. The first-order valence-electron chi connectivity index (χ1n) is 7.66. The number of aromatic nitrogens is 4. The summed E-state index contributed by atoms with van der Waals surface area (Å²) in [4.78, 5) is 13.9. The molecule has 3 aromatic heterocycles. The minimum atomic E-state index is -0.121. The van der Waals surface area contributed by atoms with Crippen molar-refractivity contribution in [3.05, 3.63) is 70.3 Å². The van der Waals surface area contributed by atoms with Gasteiger partial charge in [-0.1, -0.05) is 18.2 Å². The molecule has 1 aromatic carbocycles. The molecule has 7 heteroatoms. The van der Waals surface area contributed by atoms with Crippen molar-refractivity contribution in [3.8, 4) is 17.3 Å². The van der Waals surface area contributed by atoms with Crippen molar-refractivity contribution < 1.29 is 0 Å². The number of H-pyrrole nitrogens is 2. The second-order valence-corrected chi connectivity index (χ2v) is 5.75. The van der Waals surface area contributed by atoms with Gasteiger partial charge in [0.25, 0.3) is 0 Å². The second kappa shape index (κ2) is 5.69. The van der Waals surface area contributed by atoms with Crippen LogP contribution in [0.3, 0.4) is 0 Å². The largest absolute Gasteiger partial charge is 0.381 e.